The minimum Gasteiger partial charge on any atom is -0.495 e. The molecule has 0 radical (unpaired) electrons. The molecule has 3 rings (SSSR count). The van der Waals surface area contributed by atoms with E-state index in [-0.39, 0.29) is 5.78 Å². The molecule has 1 aromatic heterocycles. The first-order chi connectivity index (χ1) is 11.2. The molecule has 0 aliphatic heterocycles. The number of fused-ring (bicyclic) bond motifs is 1. The van der Waals surface area contributed by atoms with Crippen LogP contribution in [0, 0.1) is 0 Å². The van der Waals surface area contributed by atoms with Crippen LogP contribution >= 0.6 is 0 Å². The lowest BCUT2D eigenvalue weighted by molar-refractivity contribution is 0.104. The first-order valence-corrected chi connectivity index (χ1v) is 7.14. The topological polar surface area (TPSA) is 48.7 Å². The zero-order valence-corrected chi connectivity index (χ0v) is 12.9. The van der Waals surface area contributed by atoms with E-state index in [2.05, 4.69) is 0 Å². The van der Waals surface area contributed by atoms with Crippen molar-refractivity contribution in [3.63, 3.8) is 0 Å². The number of hydrogen-bond donors (Lipinski definition) is 0. The van der Waals surface area contributed by atoms with Crippen molar-refractivity contribution in [2.24, 2.45) is 0 Å². The lowest BCUT2D eigenvalue weighted by atomic mass is 10.1. The second kappa shape index (κ2) is 6.40. The van der Waals surface area contributed by atoms with Gasteiger partial charge < -0.3 is 13.9 Å². The molecule has 1 heterocycles. The van der Waals surface area contributed by atoms with Crippen molar-refractivity contribution in [2.45, 2.75) is 0 Å². The largest absolute Gasteiger partial charge is 0.495 e. The SMILES string of the molecule is COc1c(/C=C/C(=O)c2ccccc2)cc(OC)c2occc12. The maximum atomic E-state index is 12.2. The Labute approximate surface area is 133 Å². The van der Waals surface area contributed by atoms with Crippen molar-refractivity contribution in [2.75, 3.05) is 14.2 Å². The Hall–Kier alpha value is -3.01. The molecule has 0 unspecified atom stereocenters. The third kappa shape index (κ3) is 2.83. The Morgan fingerprint density at radius 1 is 1.09 bits per heavy atom. The predicted octanol–water partition coefficient (Wildman–Crippen LogP) is 4.35. The molecule has 0 fully saturated rings. The molecule has 0 aliphatic carbocycles. The molecule has 0 N–H and O–H groups in total. The Morgan fingerprint density at radius 2 is 1.87 bits per heavy atom. The number of ether oxygens (including phenoxy) is 2. The van der Waals surface area contributed by atoms with Crippen LogP contribution in [-0.2, 0) is 0 Å². The van der Waals surface area contributed by atoms with Crippen molar-refractivity contribution >= 4 is 22.8 Å². The van der Waals surface area contributed by atoms with Crippen molar-refractivity contribution in [1.82, 2.24) is 0 Å². The Kier molecular flexibility index (Phi) is 4.15. The number of carbonyl (C=O) groups excluding carboxylic acids is 1. The summed E-state index contributed by atoms with van der Waals surface area (Å²) in [5.41, 5.74) is 2.01. The fourth-order valence-electron chi connectivity index (χ4n) is 2.47. The smallest absolute Gasteiger partial charge is 0.185 e. The highest BCUT2D eigenvalue weighted by Crippen LogP contribution is 2.38. The Bertz CT molecular complexity index is 860. The van der Waals surface area contributed by atoms with E-state index in [9.17, 15) is 4.79 Å². The molecule has 0 saturated heterocycles. The summed E-state index contributed by atoms with van der Waals surface area (Å²) in [6.45, 7) is 0. The number of methoxy groups -OCH3 is 2. The predicted molar refractivity (Wildman–Crippen MR) is 89.1 cm³/mol. The van der Waals surface area contributed by atoms with Crippen LogP contribution in [0.5, 0.6) is 11.5 Å². The van der Waals surface area contributed by atoms with Gasteiger partial charge in [0, 0.05) is 11.1 Å². The molecule has 0 amide bonds. The van der Waals surface area contributed by atoms with Gasteiger partial charge in [-0.15, -0.1) is 0 Å². The summed E-state index contributed by atoms with van der Waals surface area (Å²) >= 11 is 0. The molecule has 116 valence electrons. The maximum Gasteiger partial charge on any atom is 0.185 e. The number of hydrogen-bond acceptors (Lipinski definition) is 4. The molecule has 0 aliphatic rings. The molecular weight excluding hydrogens is 292 g/mol. The van der Waals surface area contributed by atoms with Gasteiger partial charge in [-0.3, -0.25) is 4.79 Å². The molecule has 4 nitrogen and oxygen atoms in total. The molecular formula is C19H16O4. The van der Waals surface area contributed by atoms with Gasteiger partial charge in [0.2, 0.25) is 0 Å². The summed E-state index contributed by atoms with van der Waals surface area (Å²) < 4.78 is 16.3. The fourth-order valence-corrected chi connectivity index (χ4v) is 2.47. The number of carbonyl (C=O) groups is 1. The summed E-state index contributed by atoms with van der Waals surface area (Å²) in [6.07, 6.45) is 4.83. The number of rotatable bonds is 5. The van der Waals surface area contributed by atoms with E-state index in [1.54, 1.807) is 44.8 Å². The van der Waals surface area contributed by atoms with Crippen LogP contribution in [0.15, 0.2) is 59.2 Å². The van der Waals surface area contributed by atoms with Crippen LogP contribution < -0.4 is 9.47 Å². The van der Waals surface area contributed by atoms with Gasteiger partial charge in [-0.1, -0.05) is 30.3 Å². The summed E-state index contributed by atoms with van der Waals surface area (Å²) in [6, 6.07) is 12.7. The van der Waals surface area contributed by atoms with Gasteiger partial charge in [0.1, 0.15) is 5.75 Å². The summed E-state index contributed by atoms with van der Waals surface area (Å²) in [7, 11) is 3.16. The highest BCUT2D eigenvalue weighted by atomic mass is 16.5. The second-order valence-corrected chi connectivity index (χ2v) is 4.93. The van der Waals surface area contributed by atoms with Gasteiger partial charge in [-0.2, -0.15) is 0 Å². The molecule has 0 bridgehead atoms. The van der Waals surface area contributed by atoms with E-state index in [1.807, 2.05) is 24.3 Å². The third-order valence-corrected chi connectivity index (χ3v) is 3.58. The van der Waals surface area contributed by atoms with Crippen LogP contribution in [-0.4, -0.2) is 20.0 Å². The zero-order valence-electron chi connectivity index (χ0n) is 12.9. The molecule has 23 heavy (non-hydrogen) atoms. The maximum absolute atomic E-state index is 12.2. The molecule has 0 spiro atoms. The van der Waals surface area contributed by atoms with E-state index < -0.39 is 0 Å². The monoisotopic (exact) mass is 308 g/mol. The van der Waals surface area contributed by atoms with E-state index in [0.29, 0.717) is 22.6 Å². The number of allylic oxidation sites excluding steroid dienone is 1. The van der Waals surface area contributed by atoms with E-state index in [1.165, 1.54) is 6.08 Å². The van der Waals surface area contributed by atoms with Crippen molar-refractivity contribution < 1.29 is 18.7 Å². The van der Waals surface area contributed by atoms with E-state index in [4.69, 9.17) is 13.9 Å². The van der Waals surface area contributed by atoms with Crippen molar-refractivity contribution in [3.05, 3.63) is 65.9 Å². The average molecular weight is 308 g/mol. The highest BCUT2D eigenvalue weighted by molar-refractivity contribution is 6.07. The fraction of sp³-hybridized carbons (Fsp3) is 0.105. The van der Waals surface area contributed by atoms with Gasteiger partial charge >= 0.3 is 0 Å². The number of ketones is 1. The molecule has 3 aromatic rings. The lowest BCUT2D eigenvalue weighted by Crippen LogP contribution is -1.94. The second-order valence-electron chi connectivity index (χ2n) is 4.93. The van der Waals surface area contributed by atoms with Crippen LogP contribution in [0.4, 0.5) is 0 Å². The summed E-state index contributed by atoms with van der Waals surface area (Å²) in [5, 5.41) is 0.804. The Balaban J connectivity index is 2.02. The molecule has 4 heteroatoms. The van der Waals surface area contributed by atoms with E-state index >= 15 is 0 Å². The quantitative estimate of drug-likeness (QED) is 0.519. The third-order valence-electron chi connectivity index (χ3n) is 3.58. The van der Waals surface area contributed by atoms with Gasteiger partial charge in [-0.25, -0.2) is 0 Å². The van der Waals surface area contributed by atoms with Crippen LogP contribution in [0.25, 0.3) is 17.0 Å². The van der Waals surface area contributed by atoms with Crippen molar-refractivity contribution in [1.29, 1.82) is 0 Å². The van der Waals surface area contributed by atoms with Crippen LogP contribution in [0.3, 0.4) is 0 Å². The first kappa shape index (κ1) is 14.9. The molecule has 0 saturated carbocycles. The van der Waals surface area contributed by atoms with Crippen LogP contribution in [0.1, 0.15) is 15.9 Å². The number of benzene rings is 2. The van der Waals surface area contributed by atoms with Crippen LogP contribution in [0.2, 0.25) is 0 Å². The van der Waals surface area contributed by atoms with E-state index in [0.717, 1.165) is 10.9 Å². The minimum atomic E-state index is -0.0705. The van der Waals surface area contributed by atoms with Gasteiger partial charge in [0.15, 0.2) is 17.1 Å². The highest BCUT2D eigenvalue weighted by Gasteiger charge is 2.14. The summed E-state index contributed by atoms with van der Waals surface area (Å²) in [5.74, 6) is 1.17. The average Bonchev–Trinajstić information content (AvgIpc) is 3.08. The summed E-state index contributed by atoms with van der Waals surface area (Å²) in [4.78, 5) is 12.2. The van der Waals surface area contributed by atoms with Gasteiger partial charge in [0.05, 0.1) is 25.9 Å². The molecule has 0 atom stereocenters. The number of furan rings is 1. The normalized spacial score (nSPS) is 11.0. The standard InChI is InChI=1S/C19H16O4/c1-21-17-12-14(18(22-2)15-10-11-23-19(15)17)8-9-16(20)13-6-4-3-5-7-13/h3-12H,1-2H3/b9-8+. The minimum absolute atomic E-state index is 0.0705. The Morgan fingerprint density at radius 3 is 2.57 bits per heavy atom. The van der Waals surface area contributed by atoms with Gasteiger partial charge in [0.25, 0.3) is 0 Å². The zero-order chi connectivity index (χ0) is 16.2. The van der Waals surface area contributed by atoms with Gasteiger partial charge in [-0.05, 0) is 24.3 Å². The first-order valence-electron chi connectivity index (χ1n) is 7.14. The van der Waals surface area contributed by atoms with Crippen molar-refractivity contribution in [3.8, 4) is 11.5 Å². The molecule has 2 aromatic carbocycles. The lowest BCUT2D eigenvalue weighted by Gasteiger charge is -2.09.